The minimum atomic E-state index is -1.14. The Bertz CT molecular complexity index is 722. The highest BCUT2D eigenvalue weighted by Gasteiger charge is 2.55. The van der Waals surface area contributed by atoms with Crippen LogP contribution in [-0.4, -0.2) is 34.7 Å². The monoisotopic (exact) mass is 336 g/mol. The molecule has 1 heterocycles. The second kappa shape index (κ2) is 5.96. The number of carbonyl (C=O) groups excluding carboxylic acids is 3. The van der Waals surface area contributed by atoms with Gasteiger partial charge in [0.2, 0.25) is 0 Å². The summed E-state index contributed by atoms with van der Waals surface area (Å²) >= 11 is 0. The summed E-state index contributed by atoms with van der Waals surface area (Å²) in [6.45, 7) is 1.43. The van der Waals surface area contributed by atoms with Crippen LogP contribution in [0, 0.1) is 17.6 Å². The third-order valence-corrected chi connectivity index (χ3v) is 5.04. The molecule has 2 aliphatic rings. The fraction of sp³-hybridized carbons (Fsp3) is 0.471. The number of nitrogens with zero attached hydrogens (tertiary/aromatic N) is 1. The van der Waals surface area contributed by atoms with E-state index >= 15 is 0 Å². The van der Waals surface area contributed by atoms with E-state index in [4.69, 9.17) is 0 Å². The number of urea groups is 1. The SMILES string of the molecule is C[C@@H]1CCCC[C@]12NC(=O)N(CC(=O)c1ccc(F)c(F)c1)C2=O. The fourth-order valence-electron chi connectivity index (χ4n) is 3.54. The van der Waals surface area contributed by atoms with Crippen molar-refractivity contribution in [1.82, 2.24) is 10.2 Å². The second-order valence-corrected chi connectivity index (χ2v) is 6.49. The first-order chi connectivity index (χ1) is 11.3. The topological polar surface area (TPSA) is 66.5 Å². The summed E-state index contributed by atoms with van der Waals surface area (Å²) in [5.41, 5.74) is -1.02. The number of halogens is 2. The lowest BCUT2D eigenvalue weighted by atomic mass is 9.73. The average molecular weight is 336 g/mol. The van der Waals surface area contributed by atoms with Crippen molar-refractivity contribution in [2.75, 3.05) is 6.54 Å². The van der Waals surface area contributed by atoms with Crippen LogP contribution in [0.15, 0.2) is 18.2 Å². The quantitative estimate of drug-likeness (QED) is 0.682. The molecule has 128 valence electrons. The molecule has 2 fully saturated rings. The molecular weight excluding hydrogens is 318 g/mol. The van der Waals surface area contributed by atoms with E-state index in [0.717, 1.165) is 42.4 Å². The molecule has 0 unspecified atom stereocenters. The van der Waals surface area contributed by atoms with E-state index in [1.165, 1.54) is 0 Å². The third-order valence-electron chi connectivity index (χ3n) is 5.04. The molecule has 3 rings (SSSR count). The Morgan fingerprint density at radius 2 is 2.04 bits per heavy atom. The number of carbonyl (C=O) groups is 3. The van der Waals surface area contributed by atoms with Crippen molar-refractivity contribution in [1.29, 1.82) is 0 Å². The van der Waals surface area contributed by atoms with Gasteiger partial charge in [-0.05, 0) is 37.0 Å². The van der Waals surface area contributed by atoms with Gasteiger partial charge >= 0.3 is 6.03 Å². The Morgan fingerprint density at radius 1 is 1.29 bits per heavy atom. The standard InChI is InChI=1S/C17H18F2N2O3/c1-10-4-2-3-7-17(10)15(23)21(16(24)20-17)9-14(22)11-5-6-12(18)13(19)8-11/h5-6,8,10H,2-4,7,9H2,1H3,(H,20,24)/t10-,17+/m1/s1. The summed E-state index contributed by atoms with van der Waals surface area (Å²) in [5.74, 6) is -3.23. The van der Waals surface area contributed by atoms with E-state index < -0.39 is 41.4 Å². The maximum Gasteiger partial charge on any atom is 0.325 e. The van der Waals surface area contributed by atoms with Gasteiger partial charge in [-0.3, -0.25) is 14.5 Å². The lowest BCUT2D eigenvalue weighted by Gasteiger charge is -2.36. The first kappa shape index (κ1) is 16.5. The van der Waals surface area contributed by atoms with Crippen LogP contribution < -0.4 is 5.32 Å². The molecule has 1 aliphatic carbocycles. The van der Waals surface area contributed by atoms with Crippen LogP contribution in [0.25, 0.3) is 0 Å². The zero-order chi connectivity index (χ0) is 17.5. The van der Waals surface area contributed by atoms with Crippen molar-refractivity contribution in [3.05, 3.63) is 35.4 Å². The molecule has 1 saturated heterocycles. The normalized spacial score (nSPS) is 26.8. The third kappa shape index (κ3) is 2.57. The summed E-state index contributed by atoms with van der Waals surface area (Å²) in [5, 5.41) is 2.75. The number of hydrogen-bond donors (Lipinski definition) is 1. The Hall–Kier alpha value is -2.31. The van der Waals surface area contributed by atoms with Gasteiger partial charge in [0.05, 0.1) is 6.54 Å². The van der Waals surface area contributed by atoms with Gasteiger partial charge in [0, 0.05) is 5.56 Å². The molecule has 3 amide bonds. The average Bonchev–Trinajstić information content (AvgIpc) is 2.78. The van der Waals surface area contributed by atoms with Crippen LogP contribution in [0.3, 0.4) is 0 Å². The van der Waals surface area contributed by atoms with E-state index in [-0.39, 0.29) is 11.5 Å². The van der Waals surface area contributed by atoms with Gasteiger partial charge in [-0.2, -0.15) is 0 Å². The zero-order valence-electron chi connectivity index (χ0n) is 13.3. The number of hydrogen-bond acceptors (Lipinski definition) is 3. The van der Waals surface area contributed by atoms with Gasteiger partial charge in [-0.15, -0.1) is 0 Å². The number of ketones is 1. The smallest absolute Gasteiger partial charge is 0.323 e. The molecule has 0 bridgehead atoms. The number of Topliss-reactive ketones (excluding diaryl/α,β-unsaturated/α-hetero) is 1. The number of rotatable bonds is 3. The van der Waals surface area contributed by atoms with Crippen LogP contribution in [0.4, 0.5) is 13.6 Å². The molecule has 2 atom stereocenters. The van der Waals surface area contributed by atoms with E-state index in [9.17, 15) is 23.2 Å². The minimum Gasteiger partial charge on any atom is -0.323 e. The summed E-state index contributed by atoms with van der Waals surface area (Å²) < 4.78 is 26.2. The molecule has 0 radical (unpaired) electrons. The largest absolute Gasteiger partial charge is 0.325 e. The molecule has 1 aromatic carbocycles. The summed E-state index contributed by atoms with van der Waals surface area (Å²) in [6.07, 6.45) is 3.22. The van der Waals surface area contributed by atoms with E-state index in [2.05, 4.69) is 5.32 Å². The lowest BCUT2D eigenvalue weighted by molar-refractivity contribution is -0.133. The van der Waals surface area contributed by atoms with Crippen LogP contribution in [0.1, 0.15) is 43.0 Å². The predicted octanol–water partition coefficient (Wildman–Crippen LogP) is 2.65. The van der Waals surface area contributed by atoms with Gasteiger partial charge in [-0.1, -0.05) is 19.8 Å². The van der Waals surface area contributed by atoms with E-state index in [1.54, 1.807) is 0 Å². The molecule has 1 spiro atoms. The number of imide groups is 1. The molecule has 1 saturated carbocycles. The van der Waals surface area contributed by atoms with Crippen molar-refractivity contribution >= 4 is 17.7 Å². The van der Waals surface area contributed by atoms with Crippen molar-refractivity contribution in [2.24, 2.45) is 5.92 Å². The first-order valence-electron chi connectivity index (χ1n) is 7.97. The molecule has 24 heavy (non-hydrogen) atoms. The minimum absolute atomic E-state index is 0.00827. The number of amides is 3. The van der Waals surface area contributed by atoms with Crippen molar-refractivity contribution in [3.8, 4) is 0 Å². The predicted molar refractivity (Wildman–Crippen MR) is 81.3 cm³/mol. The van der Waals surface area contributed by atoms with E-state index in [0.29, 0.717) is 6.42 Å². The molecule has 0 aromatic heterocycles. The van der Waals surface area contributed by atoms with Crippen molar-refractivity contribution in [2.45, 2.75) is 38.1 Å². The highest BCUT2D eigenvalue weighted by molar-refractivity contribution is 6.11. The fourth-order valence-corrected chi connectivity index (χ4v) is 3.54. The maximum atomic E-state index is 13.3. The molecule has 1 aromatic rings. The van der Waals surface area contributed by atoms with Crippen molar-refractivity contribution < 1.29 is 23.2 Å². The summed E-state index contributed by atoms with van der Waals surface area (Å²) in [7, 11) is 0. The van der Waals surface area contributed by atoms with Gasteiger partial charge in [0.25, 0.3) is 5.91 Å². The van der Waals surface area contributed by atoms with Crippen LogP contribution in [0.2, 0.25) is 0 Å². The zero-order valence-corrected chi connectivity index (χ0v) is 13.3. The van der Waals surface area contributed by atoms with Crippen LogP contribution >= 0.6 is 0 Å². The molecule has 5 nitrogen and oxygen atoms in total. The molecular formula is C17H18F2N2O3. The Balaban J connectivity index is 1.80. The summed E-state index contributed by atoms with van der Waals surface area (Å²) in [6, 6.07) is 2.15. The summed E-state index contributed by atoms with van der Waals surface area (Å²) in [4.78, 5) is 38.1. The second-order valence-electron chi connectivity index (χ2n) is 6.49. The highest BCUT2D eigenvalue weighted by Crippen LogP contribution is 2.38. The Morgan fingerprint density at radius 3 is 2.71 bits per heavy atom. The molecule has 7 heteroatoms. The van der Waals surface area contributed by atoms with Crippen LogP contribution in [0.5, 0.6) is 0 Å². The van der Waals surface area contributed by atoms with Gasteiger partial charge < -0.3 is 5.32 Å². The van der Waals surface area contributed by atoms with Gasteiger partial charge in [0.15, 0.2) is 17.4 Å². The molecule has 1 N–H and O–H groups in total. The maximum absolute atomic E-state index is 13.3. The van der Waals surface area contributed by atoms with Gasteiger partial charge in [0.1, 0.15) is 5.54 Å². The number of nitrogens with one attached hydrogen (secondary N) is 1. The van der Waals surface area contributed by atoms with Crippen molar-refractivity contribution in [3.63, 3.8) is 0 Å². The van der Waals surface area contributed by atoms with Gasteiger partial charge in [-0.25, -0.2) is 13.6 Å². The Kier molecular flexibility index (Phi) is 4.11. The number of benzene rings is 1. The van der Waals surface area contributed by atoms with E-state index in [1.807, 2.05) is 6.92 Å². The Labute approximate surface area is 138 Å². The molecule has 1 aliphatic heterocycles. The highest BCUT2D eigenvalue weighted by atomic mass is 19.2. The first-order valence-corrected chi connectivity index (χ1v) is 7.97. The van der Waals surface area contributed by atoms with Crippen LogP contribution in [-0.2, 0) is 4.79 Å². The lowest BCUT2D eigenvalue weighted by Crippen LogP contribution is -2.54.